The van der Waals surface area contributed by atoms with Crippen LogP contribution in [-0.2, 0) is 5.41 Å². The first kappa shape index (κ1) is 35.0. The van der Waals surface area contributed by atoms with Crippen LogP contribution in [0.15, 0.2) is 205 Å². The van der Waals surface area contributed by atoms with Crippen molar-refractivity contribution in [2.75, 3.05) is 4.90 Å². The van der Waals surface area contributed by atoms with E-state index in [9.17, 15) is 0 Å². The lowest BCUT2D eigenvalue weighted by Crippen LogP contribution is -2.27. The quantitative estimate of drug-likeness (QED) is 0.161. The van der Waals surface area contributed by atoms with Crippen LogP contribution in [0.2, 0.25) is 0 Å². The van der Waals surface area contributed by atoms with E-state index in [4.69, 9.17) is 4.42 Å². The Morgan fingerprint density at radius 1 is 0.424 bits per heavy atom. The molecule has 1 heterocycles. The topological polar surface area (TPSA) is 16.4 Å². The number of furan rings is 1. The molecule has 1 aliphatic rings. The molecule has 1 aromatic heterocycles. The fraction of sp³-hybridized carbons (Fsp3) is 0.0877. The number of para-hydroxylation sites is 1. The largest absolute Gasteiger partial charge is 0.456 e. The summed E-state index contributed by atoms with van der Waals surface area (Å²) in [6, 6.07) is 72.9. The highest BCUT2D eigenvalue weighted by Crippen LogP contribution is 2.56. The third-order valence-electron chi connectivity index (χ3n) is 13.0. The minimum atomic E-state index is -0.116. The number of fused-ring (bicyclic) bond motifs is 8. The lowest BCUT2D eigenvalue weighted by Gasteiger charge is -2.32. The second-order valence-electron chi connectivity index (χ2n) is 16.5. The van der Waals surface area contributed by atoms with Crippen LogP contribution in [0.1, 0.15) is 31.9 Å². The van der Waals surface area contributed by atoms with Crippen molar-refractivity contribution >= 4 is 49.8 Å². The Bertz CT molecular complexity index is 3200. The zero-order valence-electron chi connectivity index (χ0n) is 33.5. The predicted octanol–water partition coefficient (Wildman–Crippen LogP) is 16.2. The van der Waals surface area contributed by atoms with Crippen molar-refractivity contribution < 1.29 is 4.42 Å². The lowest BCUT2D eigenvalue weighted by atomic mass is 9.71. The maximum absolute atomic E-state index is 6.42. The highest BCUT2D eigenvalue weighted by molar-refractivity contribution is 6.15. The maximum atomic E-state index is 6.42. The van der Waals surface area contributed by atoms with Crippen LogP contribution in [0.25, 0.3) is 77.2 Å². The molecule has 0 spiro atoms. The van der Waals surface area contributed by atoms with Gasteiger partial charge in [-0.2, -0.15) is 0 Å². The van der Waals surface area contributed by atoms with Crippen LogP contribution >= 0.6 is 0 Å². The van der Waals surface area contributed by atoms with Gasteiger partial charge >= 0.3 is 0 Å². The van der Waals surface area contributed by atoms with Crippen molar-refractivity contribution in [1.82, 2.24) is 0 Å². The number of anilines is 3. The smallest absolute Gasteiger partial charge is 0.136 e. The van der Waals surface area contributed by atoms with Gasteiger partial charge in [0.1, 0.15) is 11.2 Å². The number of rotatable bonds is 7. The standard InChI is InChI=1S/C57H43NO/c1-37(2)57(3)51-31-28-42(36-50(51)55-52(57)32-33-54-56(55)49-23-9-10-25-53(49)59-54)39-26-29-44(30-27-39)58(45-20-11-18-41(34-45)38-14-5-4-6-15-38)46-21-12-19-43(35-46)48-24-13-17-40-16-7-8-22-47(40)48/h4-37H,1-3H3. The molecule has 2 heteroatoms. The van der Waals surface area contributed by atoms with Crippen molar-refractivity contribution in [2.45, 2.75) is 26.2 Å². The lowest BCUT2D eigenvalue weighted by molar-refractivity contribution is 0.414. The van der Waals surface area contributed by atoms with E-state index in [1.165, 1.54) is 77.2 Å². The Morgan fingerprint density at radius 2 is 1.02 bits per heavy atom. The number of benzene rings is 9. The molecule has 1 atom stereocenters. The van der Waals surface area contributed by atoms with E-state index >= 15 is 0 Å². The van der Waals surface area contributed by atoms with Gasteiger partial charge in [-0.1, -0.05) is 166 Å². The summed E-state index contributed by atoms with van der Waals surface area (Å²) in [6.07, 6.45) is 0. The predicted molar refractivity (Wildman–Crippen MR) is 249 cm³/mol. The van der Waals surface area contributed by atoms with Gasteiger partial charge in [-0.3, -0.25) is 0 Å². The first-order valence-electron chi connectivity index (χ1n) is 20.7. The molecule has 11 rings (SSSR count). The average molecular weight is 758 g/mol. The van der Waals surface area contributed by atoms with E-state index in [0.717, 1.165) is 28.2 Å². The molecule has 0 saturated heterocycles. The van der Waals surface area contributed by atoms with E-state index in [1.54, 1.807) is 0 Å². The molecule has 0 amide bonds. The summed E-state index contributed by atoms with van der Waals surface area (Å²) in [5.74, 6) is 0.411. The Kier molecular flexibility index (Phi) is 8.16. The number of hydrogen-bond donors (Lipinski definition) is 0. The van der Waals surface area contributed by atoms with Crippen molar-refractivity contribution in [3.63, 3.8) is 0 Å². The van der Waals surface area contributed by atoms with Gasteiger partial charge in [-0.25, -0.2) is 0 Å². The van der Waals surface area contributed by atoms with E-state index < -0.39 is 0 Å². The normalized spacial score (nSPS) is 14.6. The molecule has 10 aromatic rings. The summed E-state index contributed by atoms with van der Waals surface area (Å²) < 4.78 is 6.42. The highest BCUT2D eigenvalue weighted by Gasteiger charge is 2.43. The number of nitrogens with zero attached hydrogens (tertiary/aromatic N) is 1. The van der Waals surface area contributed by atoms with Crippen molar-refractivity contribution in [1.29, 1.82) is 0 Å². The zero-order valence-corrected chi connectivity index (χ0v) is 33.5. The Morgan fingerprint density at radius 3 is 1.81 bits per heavy atom. The van der Waals surface area contributed by atoms with Gasteiger partial charge in [0.2, 0.25) is 0 Å². The summed E-state index contributed by atoms with van der Waals surface area (Å²) in [5.41, 5.74) is 17.6. The summed E-state index contributed by atoms with van der Waals surface area (Å²) in [6.45, 7) is 7.12. The van der Waals surface area contributed by atoms with Gasteiger partial charge in [0.05, 0.1) is 0 Å². The summed E-state index contributed by atoms with van der Waals surface area (Å²) in [5, 5.41) is 4.88. The first-order chi connectivity index (χ1) is 29.0. The highest BCUT2D eigenvalue weighted by atomic mass is 16.3. The van der Waals surface area contributed by atoms with E-state index in [2.05, 4.69) is 226 Å². The van der Waals surface area contributed by atoms with Crippen LogP contribution in [-0.4, -0.2) is 0 Å². The van der Waals surface area contributed by atoms with Crippen molar-refractivity contribution in [3.05, 3.63) is 211 Å². The van der Waals surface area contributed by atoms with E-state index in [1.807, 2.05) is 0 Å². The monoisotopic (exact) mass is 757 g/mol. The molecule has 0 aliphatic heterocycles. The molecule has 0 radical (unpaired) electrons. The molecule has 0 bridgehead atoms. The zero-order chi connectivity index (χ0) is 39.7. The van der Waals surface area contributed by atoms with Gasteiger partial charge < -0.3 is 9.32 Å². The second-order valence-corrected chi connectivity index (χ2v) is 16.5. The van der Waals surface area contributed by atoms with Gasteiger partial charge in [0.25, 0.3) is 0 Å². The summed E-state index contributed by atoms with van der Waals surface area (Å²) in [4.78, 5) is 2.39. The van der Waals surface area contributed by atoms with Gasteiger partial charge in [0.15, 0.2) is 0 Å². The fourth-order valence-electron chi connectivity index (χ4n) is 9.67. The Hall–Kier alpha value is -7.16. The third-order valence-corrected chi connectivity index (χ3v) is 13.0. The molecule has 0 N–H and O–H groups in total. The Labute approximate surface area is 345 Å². The Balaban J connectivity index is 1.04. The molecule has 59 heavy (non-hydrogen) atoms. The molecule has 0 fully saturated rings. The molecule has 9 aromatic carbocycles. The minimum absolute atomic E-state index is 0.116. The SMILES string of the molecule is CC(C)C1(C)c2ccc(-c3ccc(N(c4cccc(-c5ccccc5)c4)c4cccc(-c5cccc6ccccc56)c4)cc3)cc2-c2c1ccc1oc3ccccc3c21. The summed E-state index contributed by atoms with van der Waals surface area (Å²) in [7, 11) is 0. The molecular formula is C57H43NO. The van der Waals surface area contributed by atoms with Gasteiger partial charge in [-0.05, 0) is 127 Å². The van der Waals surface area contributed by atoms with E-state index in [-0.39, 0.29) is 5.41 Å². The van der Waals surface area contributed by atoms with Crippen molar-refractivity contribution in [2.24, 2.45) is 5.92 Å². The van der Waals surface area contributed by atoms with Gasteiger partial charge in [-0.15, -0.1) is 0 Å². The fourth-order valence-corrected chi connectivity index (χ4v) is 9.67. The molecule has 282 valence electrons. The van der Waals surface area contributed by atoms with Crippen LogP contribution in [0.5, 0.6) is 0 Å². The third kappa shape index (κ3) is 5.62. The van der Waals surface area contributed by atoms with Crippen LogP contribution < -0.4 is 4.90 Å². The minimum Gasteiger partial charge on any atom is -0.456 e. The average Bonchev–Trinajstić information content (AvgIpc) is 3.80. The van der Waals surface area contributed by atoms with Crippen molar-refractivity contribution in [3.8, 4) is 44.5 Å². The molecular weight excluding hydrogens is 715 g/mol. The molecule has 2 nitrogen and oxygen atoms in total. The van der Waals surface area contributed by atoms with Gasteiger partial charge in [0, 0.05) is 33.2 Å². The number of hydrogen-bond acceptors (Lipinski definition) is 2. The molecule has 1 unspecified atom stereocenters. The summed E-state index contributed by atoms with van der Waals surface area (Å²) >= 11 is 0. The maximum Gasteiger partial charge on any atom is 0.136 e. The van der Waals surface area contributed by atoms with Crippen LogP contribution in [0.4, 0.5) is 17.1 Å². The van der Waals surface area contributed by atoms with E-state index in [0.29, 0.717) is 5.92 Å². The second kappa shape index (κ2) is 13.7. The molecule has 0 saturated carbocycles. The first-order valence-corrected chi connectivity index (χ1v) is 20.7. The molecule has 1 aliphatic carbocycles. The van der Waals surface area contributed by atoms with Crippen LogP contribution in [0.3, 0.4) is 0 Å². The van der Waals surface area contributed by atoms with Crippen LogP contribution in [0, 0.1) is 5.92 Å².